The molecule has 0 aliphatic carbocycles. The van der Waals surface area contributed by atoms with Gasteiger partial charge in [0.05, 0.1) is 18.6 Å². The van der Waals surface area contributed by atoms with Gasteiger partial charge >= 0.3 is 11.9 Å². The van der Waals surface area contributed by atoms with Gasteiger partial charge in [-0.25, -0.2) is 9.78 Å². The minimum absolute atomic E-state index is 0.0112. The third kappa shape index (κ3) is 16.2. The number of nitrogens with one attached hydrogen (secondary N) is 6. The van der Waals surface area contributed by atoms with Gasteiger partial charge < -0.3 is 69.0 Å². The van der Waals surface area contributed by atoms with E-state index in [4.69, 9.17) is 17.2 Å². The van der Waals surface area contributed by atoms with Crippen molar-refractivity contribution in [1.82, 2.24) is 41.5 Å². The fraction of sp³-hybridized carbons (Fsp3) is 0.538. The number of aromatic nitrogens is 2. The second kappa shape index (κ2) is 25.3. The predicted molar refractivity (Wildman–Crippen MR) is 218 cm³/mol. The SMILES string of the molecule is NCCCC[C@H](NC(=O)[C@H](CCC(=O)O)NC(=O)[C@H](Cc1ccccc1)NC(=O)[C@H](CCC(N)=O)NC(=O)[C@@H]1CCCN1C(=O)[C@H](Cc1c[nH]cn1)NC(=O)[C@@H](N)CO)C(=O)O. The van der Waals surface area contributed by atoms with Crippen molar-refractivity contribution in [2.45, 2.75) is 113 Å². The Morgan fingerprint density at radius 2 is 1.39 bits per heavy atom. The Balaban J connectivity index is 1.87. The molecule has 1 aliphatic heterocycles. The van der Waals surface area contributed by atoms with Crippen LogP contribution in [0.3, 0.4) is 0 Å². The molecule has 0 saturated carbocycles. The molecule has 0 unspecified atom stereocenters. The van der Waals surface area contributed by atoms with Crippen molar-refractivity contribution in [1.29, 1.82) is 0 Å². The summed E-state index contributed by atoms with van der Waals surface area (Å²) in [5.74, 6) is -8.66. The topological polar surface area (TPSA) is 384 Å². The Hall–Kier alpha value is -6.46. The summed E-state index contributed by atoms with van der Waals surface area (Å²) >= 11 is 0. The van der Waals surface area contributed by atoms with Crippen LogP contribution in [0.25, 0.3) is 0 Å². The number of unbranched alkanes of at least 4 members (excludes halogenated alkanes) is 1. The van der Waals surface area contributed by atoms with Gasteiger partial charge in [-0.3, -0.25) is 38.4 Å². The zero-order chi connectivity index (χ0) is 45.8. The first-order chi connectivity index (χ1) is 29.5. The lowest BCUT2D eigenvalue weighted by atomic mass is 10.0. The molecule has 340 valence electrons. The average molecular weight is 872 g/mol. The van der Waals surface area contributed by atoms with Gasteiger partial charge in [-0.15, -0.1) is 0 Å². The van der Waals surface area contributed by atoms with Gasteiger partial charge in [0.2, 0.25) is 41.4 Å². The Kier molecular flexibility index (Phi) is 20.4. The van der Waals surface area contributed by atoms with Crippen LogP contribution in [-0.4, -0.2) is 145 Å². The molecule has 1 saturated heterocycles. The van der Waals surface area contributed by atoms with E-state index < -0.39 is 121 Å². The first-order valence-corrected chi connectivity index (χ1v) is 20.2. The predicted octanol–water partition coefficient (Wildman–Crippen LogP) is -3.73. The number of carboxylic acid groups (broad SMARTS) is 2. The number of nitrogens with two attached hydrogens (primary N) is 3. The van der Waals surface area contributed by atoms with Crippen LogP contribution in [0.1, 0.15) is 69.0 Å². The molecular weight excluding hydrogens is 814 g/mol. The number of H-pyrrole nitrogens is 1. The summed E-state index contributed by atoms with van der Waals surface area (Å²) in [4.78, 5) is 125. The van der Waals surface area contributed by atoms with Gasteiger partial charge in [0.15, 0.2) is 0 Å². The van der Waals surface area contributed by atoms with E-state index >= 15 is 0 Å². The number of primary amides is 1. The van der Waals surface area contributed by atoms with E-state index in [9.17, 15) is 58.5 Å². The molecule has 0 radical (unpaired) electrons. The maximum absolute atomic E-state index is 14.0. The third-order valence-corrected chi connectivity index (χ3v) is 10.0. The van der Waals surface area contributed by atoms with E-state index in [-0.39, 0.29) is 45.2 Å². The second-order valence-corrected chi connectivity index (χ2v) is 14.8. The maximum Gasteiger partial charge on any atom is 0.326 e. The summed E-state index contributed by atoms with van der Waals surface area (Å²) < 4.78 is 0. The lowest BCUT2D eigenvalue weighted by molar-refractivity contribution is -0.143. The van der Waals surface area contributed by atoms with Crippen LogP contribution in [-0.2, 0) is 56.0 Å². The number of carbonyl (C=O) groups is 9. The lowest BCUT2D eigenvalue weighted by Crippen LogP contribution is -2.60. The number of benzene rings is 1. The Labute approximate surface area is 356 Å². The minimum atomic E-state index is -1.55. The summed E-state index contributed by atoms with van der Waals surface area (Å²) in [6, 6.07) is -1.30. The number of likely N-dealkylation sites (tertiary alicyclic amines) is 1. The molecule has 2 heterocycles. The molecule has 7 amide bonds. The monoisotopic (exact) mass is 871 g/mol. The van der Waals surface area contributed by atoms with Gasteiger partial charge in [-0.05, 0) is 57.1 Å². The van der Waals surface area contributed by atoms with Crippen molar-refractivity contribution in [3.05, 3.63) is 54.1 Å². The molecule has 15 N–H and O–H groups in total. The number of aliphatic hydroxyl groups is 1. The lowest BCUT2D eigenvalue weighted by Gasteiger charge is -2.30. The van der Waals surface area contributed by atoms with E-state index in [0.717, 1.165) is 0 Å². The molecule has 1 aromatic heterocycles. The first kappa shape index (κ1) is 49.9. The molecular formula is C39H57N11O12. The van der Waals surface area contributed by atoms with Crippen LogP contribution in [0.4, 0.5) is 0 Å². The number of amides is 7. The van der Waals surface area contributed by atoms with Crippen molar-refractivity contribution >= 4 is 53.3 Å². The number of carboxylic acids is 2. The molecule has 23 nitrogen and oxygen atoms in total. The zero-order valence-electron chi connectivity index (χ0n) is 34.1. The molecule has 1 aliphatic rings. The van der Waals surface area contributed by atoms with Gasteiger partial charge in [-0.2, -0.15) is 0 Å². The number of nitrogens with zero attached hydrogens (tertiary/aromatic N) is 2. The number of imidazole rings is 1. The van der Waals surface area contributed by atoms with Crippen LogP contribution in [0.5, 0.6) is 0 Å². The molecule has 23 heteroatoms. The van der Waals surface area contributed by atoms with Crippen LogP contribution >= 0.6 is 0 Å². The highest BCUT2D eigenvalue weighted by molar-refractivity contribution is 5.97. The Morgan fingerprint density at radius 3 is 1.98 bits per heavy atom. The molecule has 1 fully saturated rings. The van der Waals surface area contributed by atoms with Gasteiger partial charge in [-0.1, -0.05) is 30.3 Å². The standard InChI is InChI=1S/C39H57N11O12/c40-15-5-4-9-27(39(61)62)47-34(56)26(12-14-32(53)54)45-36(58)28(17-22-7-2-1-3-8-22)48-35(57)25(11-13-31(42)52)46-37(59)30-10-6-16-50(30)38(60)29(18-23-19-43-21-44-23)49-33(55)24(41)20-51/h1-3,7-8,19,21,24-30,51H,4-6,9-18,20,40-41H2,(H2,42,52)(H,43,44)(H,45,58)(H,46,59)(H,47,56)(H,48,57)(H,49,55)(H,53,54)(H,61,62)/t24-,25-,26-,27-,28-,29-,30-/m0/s1. The molecule has 0 spiro atoms. The van der Waals surface area contributed by atoms with Crippen LogP contribution < -0.4 is 43.8 Å². The highest BCUT2D eigenvalue weighted by atomic mass is 16.4. The number of hydrogen-bond donors (Lipinski definition) is 12. The van der Waals surface area contributed by atoms with E-state index in [1.165, 1.54) is 17.4 Å². The summed E-state index contributed by atoms with van der Waals surface area (Å²) in [7, 11) is 0. The quantitative estimate of drug-likeness (QED) is 0.0384. The highest BCUT2D eigenvalue weighted by Crippen LogP contribution is 2.20. The summed E-state index contributed by atoms with van der Waals surface area (Å²) in [5.41, 5.74) is 17.5. The van der Waals surface area contributed by atoms with E-state index in [1.807, 2.05) is 0 Å². The van der Waals surface area contributed by atoms with Crippen molar-refractivity contribution in [3.8, 4) is 0 Å². The summed E-state index contributed by atoms with van der Waals surface area (Å²) in [6.07, 6.45) is 2.20. The van der Waals surface area contributed by atoms with Crippen LogP contribution in [0, 0.1) is 0 Å². The maximum atomic E-state index is 14.0. The van der Waals surface area contributed by atoms with Crippen molar-refractivity contribution in [3.63, 3.8) is 0 Å². The van der Waals surface area contributed by atoms with Crippen molar-refractivity contribution in [2.24, 2.45) is 17.2 Å². The molecule has 0 bridgehead atoms. The molecule has 3 rings (SSSR count). The smallest absolute Gasteiger partial charge is 0.326 e. The molecule has 2 aromatic rings. The second-order valence-electron chi connectivity index (χ2n) is 14.8. The summed E-state index contributed by atoms with van der Waals surface area (Å²) in [5, 5.41) is 40.9. The number of hydrogen-bond acceptors (Lipinski definition) is 13. The number of rotatable bonds is 27. The number of aliphatic carboxylic acids is 2. The normalized spacial score (nSPS) is 16.4. The fourth-order valence-electron chi connectivity index (χ4n) is 6.66. The van der Waals surface area contributed by atoms with E-state index in [1.54, 1.807) is 30.3 Å². The molecule has 62 heavy (non-hydrogen) atoms. The highest BCUT2D eigenvalue weighted by Gasteiger charge is 2.40. The molecule has 1 aromatic carbocycles. The van der Waals surface area contributed by atoms with Gasteiger partial charge in [0.1, 0.15) is 42.3 Å². The number of aliphatic hydroxyl groups excluding tert-OH is 1. The van der Waals surface area contributed by atoms with Crippen molar-refractivity contribution in [2.75, 3.05) is 19.7 Å². The number of carbonyl (C=O) groups excluding carboxylic acids is 7. The number of aromatic amines is 1. The fourth-order valence-corrected chi connectivity index (χ4v) is 6.66. The van der Waals surface area contributed by atoms with Gasteiger partial charge in [0.25, 0.3) is 0 Å². The van der Waals surface area contributed by atoms with Crippen molar-refractivity contribution < 1.29 is 58.5 Å². The summed E-state index contributed by atoms with van der Waals surface area (Å²) in [6.45, 7) is -0.323. The van der Waals surface area contributed by atoms with E-state index in [0.29, 0.717) is 30.5 Å². The van der Waals surface area contributed by atoms with E-state index in [2.05, 4.69) is 36.6 Å². The average Bonchev–Trinajstić information content (AvgIpc) is 3.95. The zero-order valence-corrected chi connectivity index (χ0v) is 34.1. The Morgan fingerprint density at radius 1 is 0.774 bits per heavy atom. The molecule has 7 atom stereocenters. The van der Waals surface area contributed by atoms with Crippen LogP contribution in [0.2, 0.25) is 0 Å². The largest absolute Gasteiger partial charge is 0.481 e. The minimum Gasteiger partial charge on any atom is -0.481 e. The van der Waals surface area contributed by atoms with Crippen LogP contribution in [0.15, 0.2) is 42.9 Å². The third-order valence-electron chi connectivity index (χ3n) is 10.0. The Bertz CT molecular complexity index is 1850. The van der Waals surface area contributed by atoms with Gasteiger partial charge in [0, 0.05) is 38.4 Å². The first-order valence-electron chi connectivity index (χ1n) is 20.2.